The van der Waals surface area contributed by atoms with E-state index in [4.69, 9.17) is 0 Å². The maximum absolute atomic E-state index is 13.1. The van der Waals surface area contributed by atoms with E-state index in [1.807, 2.05) is 14.4 Å². The molecule has 848 valence electrons. The van der Waals surface area contributed by atoms with Gasteiger partial charge < -0.3 is 5.53 Å². The van der Waals surface area contributed by atoms with Crippen LogP contribution in [-0.2, 0) is 40.1 Å². The fourth-order valence-corrected chi connectivity index (χ4v) is 24.7. The third-order valence-electron chi connectivity index (χ3n) is 33.2. The summed E-state index contributed by atoms with van der Waals surface area (Å²) in [6.07, 6.45) is 167. The van der Waals surface area contributed by atoms with Gasteiger partial charge in [-0.1, -0.05) is 702 Å². The molecule has 0 aromatic heterocycles. The molecule has 2 nitrogen and oxygen atoms in total. The quantitative estimate of drug-likeness (QED) is 0.0358. The van der Waals surface area contributed by atoms with E-state index in [9.17, 15) is 5.53 Å². The Morgan fingerprint density at radius 2 is 0.285 bits per heavy atom. The van der Waals surface area contributed by atoms with E-state index in [0.717, 1.165) is 43.5 Å². The van der Waals surface area contributed by atoms with Crippen LogP contribution in [0.15, 0.2) is 48.0 Å². The van der Waals surface area contributed by atoms with Gasteiger partial charge in [0.25, 0.3) is 0 Å². The van der Waals surface area contributed by atoms with Gasteiger partial charge in [0.2, 0.25) is 11.4 Å². The van der Waals surface area contributed by atoms with Crippen molar-refractivity contribution in [3.63, 3.8) is 0 Å². The molecule has 1 aliphatic rings. The van der Waals surface area contributed by atoms with Gasteiger partial charge in [-0.3, -0.25) is 0 Å². The van der Waals surface area contributed by atoms with E-state index >= 15 is 0 Å². The molecule has 0 aliphatic carbocycles. The van der Waals surface area contributed by atoms with E-state index in [2.05, 4.69) is 90.9 Å². The molecular formula is C141H264N2Ni. The second-order valence-electron chi connectivity index (χ2n) is 47.8. The zero-order valence-electron chi connectivity index (χ0n) is 100. The first-order valence-corrected chi connectivity index (χ1v) is 69.5. The number of hydrogen-bond donors (Lipinski definition) is 0. The van der Waals surface area contributed by atoms with Crippen LogP contribution in [0.3, 0.4) is 0 Å². The zero-order valence-corrected chi connectivity index (χ0v) is 101. The summed E-state index contributed by atoms with van der Waals surface area (Å²) in [4.78, 5) is 0. The second kappa shape index (κ2) is 117. The summed E-state index contributed by atoms with van der Waals surface area (Å²) < 4.78 is 1.71. The second-order valence-corrected chi connectivity index (χ2v) is 49.3. The minimum absolute atomic E-state index is 1.02. The predicted octanol–water partition coefficient (Wildman–Crippen LogP) is 52.4. The monoisotopic (exact) mass is 2040 g/mol. The Labute approximate surface area is 915 Å². The number of hydrogen-bond acceptors (Lipinski definition) is 0. The molecule has 0 unspecified atom stereocenters. The van der Waals surface area contributed by atoms with Gasteiger partial charge in [-0.05, 0) is 111 Å². The summed E-state index contributed by atoms with van der Waals surface area (Å²) in [6.45, 7) is 16.2. The molecule has 0 saturated carbocycles. The molecule has 0 atom stereocenters. The summed E-state index contributed by atoms with van der Waals surface area (Å²) in [5, 5.41) is 2.78. The van der Waals surface area contributed by atoms with Crippen molar-refractivity contribution in [1.29, 1.82) is 0 Å². The van der Waals surface area contributed by atoms with Gasteiger partial charge in [-0.15, -0.1) is 0 Å². The van der Waals surface area contributed by atoms with Gasteiger partial charge in [0.05, 0.1) is 0 Å². The average molecular weight is 2050 g/mol. The molecule has 2 aromatic rings. The Morgan fingerprint density at radius 3 is 0.444 bits per heavy atom. The van der Waals surface area contributed by atoms with Crippen molar-refractivity contribution < 1.29 is 19.1 Å². The number of allylic oxidation sites excluding steroid dienone is 2. The standard InChI is InChI=1S/C133H246N2.2C4H9.Ni/c1-6-11-16-20-24-28-32-36-40-44-48-52-56-60-64-68-72-76-80-84-88-92-96-100-104-109-113-125-118-126(114-110-105-101-97-93-89-85-81-77-73-69-65-61-57-53-49-45-41-37-33-29-25-21-17-12-7-2)121-130(120-125)132-124-129(117-108-15-10-5)133(135(132)134)131-122-127(115-111-106-102-98-94-90-86-82-78-74-70-66-62-58-54-50-46-42-38-34-30-26-22-18-13-8-3)119-128(123-131)116-112-107-103-99-95-91-87-83-79-75-71-67-63-59-55-51-47-43-39-35-31-27-23-19-14-9-4;2*1-3-4-2;/h118-124H,6-117H2,1-5H3;2*1,3-4H2,2H3;. The third kappa shape index (κ3) is 94.7. The fourth-order valence-electron chi connectivity index (χ4n) is 23.2. The van der Waals surface area contributed by atoms with Crippen molar-refractivity contribution in [2.75, 3.05) is 0 Å². The zero-order chi connectivity index (χ0) is 103. The maximum atomic E-state index is 13.1. The summed E-state index contributed by atoms with van der Waals surface area (Å²) in [6, 6.07) is 15.3. The van der Waals surface area contributed by atoms with Gasteiger partial charge in [-0.2, -0.15) is 0 Å². The van der Waals surface area contributed by atoms with Crippen molar-refractivity contribution >= 4 is 11.4 Å². The van der Waals surface area contributed by atoms with Crippen LogP contribution in [0.4, 0.5) is 0 Å². The Bertz CT molecular complexity index is 2760. The molecule has 144 heavy (non-hydrogen) atoms. The molecule has 0 spiro atoms. The van der Waals surface area contributed by atoms with Crippen LogP contribution in [0, 0.1) is 0 Å². The number of nitrogens with zero attached hydrogens (tertiary/aromatic N) is 2. The van der Waals surface area contributed by atoms with Gasteiger partial charge in [0.1, 0.15) is 0 Å². The molecule has 0 amide bonds. The summed E-state index contributed by atoms with van der Waals surface area (Å²) in [7, 11) is 0. The molecule has 0 bridgehead atoms. The number of benzene rings is 2. The van der Waals surface area contributed by atoms with Crippen LogP contribution in [0.2, 0.25) is 10.8 Å². The number of rotatable bonds is 120. The molecule has 0 saturated heterocycles. The van der Waals surface area contributed by atoms with E-state index in [1.54, 1.807) is 4.70 Å². The molecule has 0 radical (unpaired) electrons. The van der Waals surface area contributed by atoms with Crippen molar-refractivity contribution in [1.82, 2.24) is 0 Å². The summed E-state index contributed by atoms with van der Waals surface area (Å²) >= 11 is 1.94. The van der Waals surface area contributed by atoms with E-state index < -0.39 is 0 Å². The first-order valence-electron chi connectivity index (χ1n) is 68.1. The molecular weight excluding hydrogens is 1780 g/mol. The molecule has 3 heteroatoms. The molecule has 0 fully saturated rings. The summed E-state index contributed by atoms with van der Waals surface area (Å²) in [5.74, 6) is 0. The fraction of sp³-hybridized carbons (Fsp3) is 0.887. The van der Waals surface area contributed by atoms with E-state index in [1.165, 1.54) is 762 Å². The number of aryl methyl sites for hydroxylation is 4. The Morgan fingerprint density at radius 1 is 0.153 bits per heavy atom. The average Bonchev–Trinajstić information content (AvgIpc) is 1.62. The van der Waals surface area contributed by atoms with Crippen molar-refractivity contribution in [3.05, 3.63) is 87.0 Å². The van der Waals surface area contributed by atoms with Crippen LogP contribution in [0.25, 0.3) is 16.9 Å². The Kier molecular flexibility index (Phi) is 112. The van der Waals surface area contributed by atoms with Crippen molar-refractivity contribution in [2.45, 2.75) is 804 Å². The van der Waals surface area contributed by atoms with Crippen molar-refractivity contribution in [2.24, 2.45) is 0 Å². The molecule has 0 N–H and O–H groups in total. The predicted molar refractivity (Wildman–Crippen MR) is 653 cm³/mol. The first kappa shape index (κ1) is 138. The van der Waals surface area contributed by atoms with Gasteiger partial charge in [0.15, 0.2) is 0 Å². The Hall–Kier alpha value is -1.99. The SMILES string of the molecule is CCCCCCCCCCCCCCCCCCCCCCCCCCCCc1cc(CCCCCCCCCCCCCCCCCCCCCCCCCCCC)cc(C2=CC(CCCCC)=C(c3cc(CCCCCCCCCCCCCCCCCCCCCCCCCCCC)cc(CCCCCCCCCCCCCCCCCCCCCCCCCCCC)c3)[N+]2=[N-])c1.CCC[CH2][Ni][CH2]CCC. The van der Waals surface area contributed by atoms with Crippen LogP contribution < -0.4 is 0 Å². The topological polar surface area (TPSA) is 25.3 Å². The Balaban J connectivity index is 0.00000739. The van der Waals surface area contributed by atoms with E-state index in [0.29, 0.717) is 0 Å². The first-order chi connectivity index (χ1) is 71.5. The van der Waals surface area contributed by atoms with Gasteiger partial charge in [0, 0.05) is 22.8 Å². The van der Waals surface area contributed by atoms with Gasteiger partial charge >= 0.3 is 64.8 Å². The minimum atomic E-state index is 1.02. The normalized spacial score (nSPS) is 12.3. The van der Waals surface area contributed by atoms with Crippen LogP contribution in [-0.4, -0.2) is 4.70 Å². The molecule has 1 heterocycles. The molecule has 1 aliphatic heterocycles. The molecule has 2 aromatic carbocycles. The third-order valence-corrected chi connectivity index (χ3v) is 34.6. The summed E-state index contributed by atoms with van der Waals surface area (Å²) in [5.41, 5.74) is 25.0. The van der Waals surface area contributed by atoms with Crippen LogP contribution in [0.1, 0.15) is 801 Å². The van der Waals surface area contributed by atoms with Gasteiger partial charge in [-0.25, -0.2) is 4.70 Å². The van der Waals surface area contributed by atoms with E-state index in [-0.39, 0.29) is 0 Å². The van der Waals surface area contributed by atoms with Crippen molar-refractivity contribution in [3.8, 4) is 0 Å². The number of unbranched alkanes of at least 4 members (excludes halogenated alkanes) is 104. The van der Waals surface area contributed by atoms with Crippen LogP contribution >= 0.6 is 0 Å². The molecule has 3 rings (SSSR count). The van der Waals surface area contributed by atoms with Crippen LogP contribution in [0.5, 0.6) is 0 Å².